The lowest BCUT2D eigenvalue weighted by Crippen LogP contribution is -2.10. The monoisotopic (exact) mass is 387 g/mol. The van der Waals surface area contributed by atoms with Gasteiger partial charge in [-0.25, -0.2) is 9.78 Å². The minimum atomic E-state index is -0.358. The van der Waals surface area contributed by atoms with E-state index < -0.39 is 0 Å². The lowest BCUT2D eigenvalue weighted by molar-refractivity contribution is 0.0474. The molecule has 0 aliphatic rings. The second-order valence-electron chi connectivity index (χ2n) is 6.55. The number of para-hydroxylation sites is 1. The molecular formula is C24H18ClNO2. The van der Waals surface area contributed by atoms with Gasteiger partial charge in [0.25, 0.3) is 0 Å². The number of nitrogens with zero attached hydrogens (tertiary/aromatic N) is 1. The van der Waals surface area contributed by atoms with E-state index in [-0.39, 0.29) is 12.6 Å². The van der Waals surface area contributed by atoms with Gasteiger partial charge in [0.1, 0.15) is 6.61 Å². The van der Waals surface area contributed by atoms with Crippen LogP contribution in [0.2, 0.25) is 5.02 Å². The molecule has 0 amide bonds. The van der Waals surface area contributed by atoms with Gasteiger partial charge in [-0.05, 0) is 36.2 Å². The Labute approximate surface area is 168 Å². The van der Waals surface area contributed by atoms with Crippen LogP contribution in [0.25, 0.3) is 22.2 Å². The number of halogens is 1. The Morgan fingerprint density at radius 1 is 0.929 bits per heavy atom. The Bertz CT molecular complexity index is 1140. The highest BCUT2D eigenvalue weighted by atomic mass is 35.5. The minimum Gasteiger partial charge on any atom is -0.457 e. The summed E-state index contributed by atoms with van der Waals surface area (Å²) in [6.45, 7) is 2.10. The first kappa shape index (κ1) is 18.2. The Hall–Kier alpha value is -3.17. The zero-order chi connectivity index (χ0) is 19.5. The maximum atomic E-state index is 13.0. The smallest absolute Gasteiger partial charge is 0.339 e. The summed E-state index contributed by atoms with van der Waals surface area (Å²) in [7, 11) is 0. The average molecular weight is 388 g/mol. The molecule has 0 radical (unpaired) electrons. The van der Waals surface area contributed by atoms with Gasteiger partial charge < -0.3 is 4.74 Å². The van der Waals surface area contributed by atoms with E-state index in [0.717, 1.165) is 33.3 Å². The van der Waals surface area contributed by atoms with E-state index in [1.807, 2.05) is 73.7 Å². The quantitative estimate of drug-likeness (QED) is 0.390. The lowest BCUT2D eigenvalue weighted by Gasteiger charge is -2.14. The van der Waals surface area contributed by atoms with E-state index in [0.29, 0.717) is 10.6 Å². The van der Waals surface area contributed by atoms with Crippen molar-refractivity contribution in [1.82, 2.24) is 4.98 Å². The maximum absolute atomic E-state index is 13.0. The van der Waals surface area contributed by atoms with Crippen molar-refractivity contribution in [3.05, 3.63) is 101 Å². The molecule has 0 spiro atoms. The van der Waals surface area contributed by atoms with Crippen molar-refractivity contribution in [2.24, 2.45) is 0 Å². The number of ether oxygens (including phenoxy) is 1. The maximum Gasteiger partial charge on any atom is 0.339 e. The van der Waals surface area contributed by atoms with E-state index in [1.54, 1.807) is 12.1 Å². The molecule has 0 aliphatic carbocycles. The Morgan fingerprint density at radius 2 is 1.61 bits per heavy atom. The average Bonchev–Trinajstić information content (AvgIpc) is 2.73. The molecule has 1 heterocycles. The molecule has 3 aromatic carbocycles. The van der Waals surface area contributed by atoms with Gasteiger partial charge >= 0.3 is 5.97 Å². The highest BCUT2D eigenvalue weighted by Crippen LogP contribution is 2.30. The van der Waals surface area contributed by atoms with Gasteiger partial charge in [-0.2, -0.15) is 0 Å². The lowest BCUT2D eigenvalue weighted by atomic mass is 9.98. The van der Waals surface area contributed by atoms with Crippen molar-refractivity contribution >= 4 is 28.5 Å². The second-order valence-corrected chi connectivity index (χ2v) is 6.98. The topological polar surface area (TPSA) is 39.2 Å². The van der Waals surface area contributed by atoms with Crippen LogP contribution in [0.15, 0.2) is 78.9 Å². The third-order valence-electron chi connectivity index (χ3n) is 4.67. The first-order chi connectivity index (χ1) is 13.6. The number of carbonyl (C=O) groups excluding carboxylic acids is 1. The molecule has 0 N–H and O–H groups in total. The van der Waals surface area contributed by atoms with Crippen LogP contribution in [-0.4, -0.2) is 11.0 Å². The van der Waals surface area contributed by atoms with E-state index in [1.165, 1.54) is 0 Å². The molecule has 0 saturated heterocycles. The van der Waals surface area contributed by atoms with E-state index in [4.69, 9.17) is 21.3 Å². The van der Waals surface area contributed by atoms with Crippen LogP contribution in [0.5, 0.6) is 0 Å². The molecular weight excluding hydrogens is 370 g/mol. The molecule has 3 nitrogen and oxygen atoms in total. The largest absolute Gasteiger partial charge is 0.457 e. The van der Waals surface area contributed by atoms with Gasteiger partial charge in [0.2, 0.25) is 0 Å². The summed E-state index contributed by atoms with van der Waals surface area (Å²) >= 11 is 5.92. The van der Waals surface area contributed by atoms with Crippen LogP contribution in [0.4, 0.5) is 0 Å². The molecule has 0 unspecified atom stereocenters. The summed E-state index contributed by atoms with van der Waals surface area (Å²) in [5.41, 5.74) is 4.78. The van der Waals surface area contributed by atoms with Crippen molar-refractivity contribution in [1.29, 1.82) is 0 Å². The van der Waals surface area contributed by atoms with Crippen LogP contribution in [0, 0.1) is 6.92 Å². The SMILES string of the molecule is Cc1c(-c2ccccc2)nc2ccccc2c1C(=O)OCc1ccc(Cl)cc1. The molecule has 138 valence electrons. The zero-order valence-corrected chi connectivity index (χ0v) is 16.1. The summed E-state index contributed by atoms with van der Waals surface area (Å²) in [5.74, 6) is -0.358. The van der Waals surface area contributed by atoms with Gasteiger partial charge in [0.05, 0.1) is 16.8 Å². The molecule has 28 heavy (non-hydrogen) atoms. The van der Waals surface area contributed by atoms with Gasteiger partial charge in [-0.3, -0.25) is 0 Å². The Morgan fingerprint density at radius 3 is 2.36 bits per heavy atom. The van der Waals surface area contributed by atoms with Crippen LogP contribution in [0.1, 0.15) is 21.5 Å². The highest BCUT2D eigenvalue weighted by Gasteiger charge is 2.20. The summed E-state index contributed by atoms with van der Waals surface area (Å²) in [6, 6.07) is 24.8. The van der Waals surface area contributed by atoms with Crippen LogP contribution < -0.4 is 0 Å². The molecule has 4 aromatic rings. The molecule has 1 aromatic heterocycles. The summed E-state index contributed by atoms with van der Waals surface area (Å²) < 4.78 is 5.62. The van der Waals surface area contributed by atoms with E-state index in [9.17, 15) is 4.79 Å². The standard InChI is InChI=1S/C24H18ClNO2/c1-16-22(24(27)28-15-17-11-13-19(25)14-12-17)20-9-5-6-10-21(20)26-23(16)18-7-3-2-4-8-18/h2-14H,15H2,1H3. The predicted molar refractivity (Wildman–Crippen MR) is 112 cm³/mol. The van der Waals surface area contributed by atoms with Gasteiger partial charge in [0, 0.05) is 16.0 Å². The Balaban J connectivity index is 1.75. The number of benzene rings is 3. The number of hydrogen-bond donors (Lipinski definition) is 0. The number of aromatic nitrogens is 1. The molecule has 4 rings (SSSR count). The third kappa shape index (κ3) is 3.62. The predicted octanol–water partition coefficient (Wildman–Crippen LogP) is 6.22. The second kappa shape index (κ2) is 7.83. The number of rotatable bonds is 4. The van der Waals surface area contributed by atoms with Crippen molar-refractivity contribution in [2.45, 2.75) is 13.5 Å². The number of pyridine rings is 1. The van der Waals surface area contributed by atoms with Gasteiger partial charge in [0.15, 0.2) is 0 Å². The van der Waals surface area contributed by atoms with Crippen molar-refractivity contribution < 1.29 is 9.53 Å². The molecule has 0 bridgehead atoms. The van der Waals surface area contributed by atoms with Crippen molar-refractivity contribution in [3.8, 4) is 11.3 Å². The van der Waals surface area contributed by atoms with Crippen LogP contribution in [0.3, 0.4) is 0 Å². The summed E-state index contributed by atoms with van der Waals surface area (Å²) in [6.07, 6.45) is 0. The van der Waals surface area contributed by atoms with Crippen LogP contribution in [-0.2, 0) is 11.3 Å². The zero-order valence-electron chi connectivity index (χ0n) is 15.4. The number of fused-ring (bicyclic) bond motifs is 1. The fraction of sp³-hybridized carbons (Fsp3) is 0.0833. The van der Waals surface area contributed by atoms with E-state index >= 15 is 0 Å². The first-order valence-corrected chi connectivity index (χ1v) is 9.37. The van der Waals surface area contributed by atoms with Crippen molar-refractivity contribution in [3.63, 3.8) is 0 Å². The molecule has 0 saturated carbocycles. The van der Waals surface area contributed by atoms with E-state index in [2.05, 4.69) is 0 Å². The fourth-order valence-corrected chi connectivity index (χ4v) is 3.38. The minimum absolute atomic E-state index is 0.187. The number of hydrogen-bond acceptors (Lipinski definition) is 3. The molecule has 4 heteroatoms. The third-order valence-corrected chi connectivity index (χ3v) is 4.92. The summed E-state index contributed by atoms with van der Waals surface area (Å²) in [4.78, 5) is 17.8. The summed E-state index contributed by atoms with van der Waals surface area (Å²) in [5, 5.41) is 1.44. The Kier molecular flexibility index (Phi) is 5.09. The highest BCUT2D eigenvalue weighted by molar-refractivity contribution is 6.30. The molecule has 0 aliphatic heterocycles. The first-order valence-electron chi connectivity index (χ1n) is 9.00. The van der Waals surface area contributed by atoms with Crippen LogP contribution >= 0.6 is 11.6 Å². The normalized spacial score (nSPS) is 10.8. The molecule has 0 atom stereocenters. The molecule has 0 fully saturated rings. The fourth-order valence-electron chi connectivity index (χ4n) is 3.25. The van der Waals surface area contributed by atoms with Gasteiger partial charge in [-0.15, -0.1) is 0 Å². The van der Waals surface area contributed by atoms with Gasteiger partial charge in [-0.1, -0.05) is 72.3 Å². The van der Waals surface area contributed by atoms with Crippen molar-refractivity contribution in [2.75, 3.05) is 0 Å². The number of carbonyl (C=O) groups is 1. The number of esters is 1.